The van der Waals surface area contributed by atoms with Gasteiger partial charge in [0.2, 0.25) is 5.91 Å². The molecule has 2 N–H and O–H groups in total. The average molecular weight is 174 g/mol. The van der Waals surface area contributed by atoms with E-state index >= 15 is 0 Å². The van der Waals surface area contributed by atoms with Crippen LogP contribution in [-0.2, 0) is 9.53 Å². The summed E-state index contributed by atoms with van der Waals surface area (Å²) in [6.45, 7) is 5.52. The lowest BCUT2D eigenvalue weighted by atomic mass is 10.4. The van der Waals surface area contributed by atoms with Crippen LogP contribution in [0.25, 0.3) is 0 Å². The third-order valence-electron chi connectivity index (χ3n) is 1.30. The lowest BCUT2D eigenvalue weighted by Gasteiger charge is -2.08. The molecule has 0 aromatic heterocycles. The number of rotatable bonds is 6. The van der Waals surface area contributed by atoms with Crippen molar-refractivity contribution < 1.29 is 9.53 Å². The molecule has 0 aliphatic rings. The number of hydrogen-bond acceptors (Lipinski definition) is 3. The van der Waals surface area contributed by atoms with Gasteiger partial charge in [0.25, 0.3) is 0 Å². The van der Waals surface area contributed by atoms with Gasteiger partial charge in [-0.05, 0) is 0 Å². The minimum absolute atomic E-state index is 0.0146. The van der Waals surface area contributed by atoms with E-state index in [9.17, 15) is 4.79 Å². The number of ether oxygens (including phenoxy) is 1. The first kappa shape index (κ1) is 11.4. The molecule has 0 saturated carbocycles. The lowest BCUT2D eigenvalue weighted by molar-refractivity contribution is -0.120. The molecule has 0 radical (unpaired) electrons. The molecular weight excluding hydrogens is 156 g/mol. The molecule has 0 saturated heterocycles. The summed E-state index contributed by atoms with van der Waals surface area (Å²) < 4.78 is 4.78. The first-order valence-corrected chi connectivity index (χ1v) is 4.16. The van der Waals surface area contributed by atoms with Gasteiger partial charge in [-0.1, -0.05) is 13.8 Å². The van der Waals surface area contributed by atoms with E-state index in [1.54, 1.807) is 7.11 Å². The Morgan fingerprint density at radius 3 is 2.67 bits per heavy atom. The summed E-state index contributed by atoms with van der Waals surface area (Å²) in [5, 5.41) is 5.73. The molecule has 1 amide bonds. The number of carbonyl (C=O) groups is 1. The second-order valence-corrected chi connectivity index (χ2v) is 2.88. The minimum Gasteiger partial charge on any atom is -0.383 e. The SMILES string of the molecule is COCCNC(=O)CNC(C)C. The second-order valence-electron chi connectivity index (χ2n) is 2.88. The van der Waals surface area contributed by atoms with Gasteiger partial charge in [0, 0.05) is 19.7 Å². The van der Waals surface area contributed by atoms with Crippen LogP contribution in [-0.4, -0.2) is 38.8 Å². The molecule has 4 heteroatoms. The van der Waals surface area contributed by atoms with Gasteiger partial charge < -0.3 is 15.4 Å². The summed E-state index contributed by atoms with van der Waals surface area (Å²) in [6.07, 6.45) is 0. The number of nitrogens with one attached hydrogen (secondary N) is 2. The van der Waals surface area contributed by atoms with Crippen LogP contribution in [0.1, 0.15) is 13.8 Å². The molecule has 72 valence electrons. The van der Waals surface area contributed by atoms with Crippen molar-refractivity contribution in [2.24, 2.45) is 0 Å². The molecule has 0 rings (SSSR count). The maximum Gasteiger partial charge on any atom is 0.234 e. The number of methoxy groups -OCH3 is 1. The minimum atomic E-state index is 0.0146. The normalized spacial score (nSPS) is 10.3. The second kappa shape index (κ2) is 7.06. The van der Waals surface area contributed by atoms with E-state index in [4.69, 9.17) is 4.74 Å². The van der Waals surface area contributed by atoms with Gasteiger partial charge in [-0.25, -0.2) is 0 Å². The van der Waals surface area contributed by atoms with Crippen molar-refractivity contribution in [2.75, 3.05) is 26.8 Å². The van der Waals surface area contributed by atoms with Gasteiger partial charge in [-0.2, -0.15) is 0 Å². The monoisotopic (exact) mass is 174 g/mol. The molecule has 0 fully saturated rings. The Hall–Kier alpha value is -0.610. The quantitative estimate of drug-likeness (QED) is 0.546. The maximum absolute atomic E-state index is 11.0. The Kier molecular flexibility index (Phi) is 6.70. The van der Waals surface area contributed by atoms with E-state index in [1.165, 1.54) is 0 Å². The Bertz CT molecular complexity index is 126. The van der Waals surface area contributed by atoms with E-state index in [-0.39, 0.29) is 5.91 Å². The van der Waals surface area contributed by atoms with Crippen molar-refractivity contribution in [3.8, 4) is 0 Å². The maximum atomic E-state index is 11.0. The summed E-state index contributed by atoms with van der Waals surface area (Å²) in [5.74, 6) is 0.0146. The fraction of sp³-hybridized carbons (Fsp3) is 0.875. The molecule has 0 atom stereocenters. The average Bonchev–Trinajstić information content (AvgIpc) is 2.01. The van der Waals surface area contributed by atoms with Crippen LogP contribution < -0.4 is 10.6 Å². The predicted octanol–water partition coefficient (Wildman–Crippen LogP) is -0.253. The van der Waals surface area contributed by atoms with Crippen molar-refractivity contribution >= 4 is 5.91 Å². The van der Waals surface area contributed by atoms with Gasteiger partial charge in [-0.3, -0.25) is 4.79 Å². The highest BCUT2D eigenvalue weighted by Crippen LogP contribution is 1.74. The van der Waals surface area contributed by atoms with E-state index in [2.05, 4.69) is 10.6 Å². The van der Waals surface area contributed by atoms with Crippen molar-refractivity contribution in [1.82, 2.24) is 10.6 Å². The van der Waals surface area contributed by atoms with Gasteiger partial charge in [0.1, 0.15) is 0 Å². The molecule has 0 unspecified atom stereocenters. The van der Waals surface area contributed by atoms with Gasteiger partial charge in [-0.15, -0.1) is 0 Å². The summed E-state index contributed by atoms with van der Waals surface area (Å²) in [5.41, 5.74) is 0. The number of amides is 1. The van der Waals surface area contributed by atoms with Crippen molar-refractivity contribution in [2.45, 2.75) is 19.9 Å². The Balaban J connectivity index is 3.22. The van der Waals surface area contributed by atoms with Crippen molar-refractivity contribution in [3.63, 3.8) is 0 Å². The van der Waals surface area contributed by atoms with Gasteiger partial charge in [0.05, 0.1) is 13.2 Å². The highest BCUT2D eigenvalue weighted by molar-refractivity contribution is 5.77. The van der Waals surface area contributed by atoms with E-state index < -0.39 is 0 Å². The molecule has 12 heavy (non-hydrogen) atoms. The first-order valence-electron chi connectivity index (χ1n) is 4.16. The van der Waals surface area contributed by atoms with E-state index in [0.717, 1.165) is 0 Å². The topological polar surface area (TPSA) is 50.4 Å². The Morgan fingerprint density at radius 2 is 2.17 bits per heavy atom. The fourth-order valence-corrected chi connectivity index (χ4v) is 0.652. The van der Waals surface area contributed by atoms with Crippen LogP contribution in [0.5, 0.6) is 0 Å². The zero-order chi connectivity index (χ0) is 9.40. The molecule has 0 heterocycles. The van der Waals surface area contributed by atoms with Crippen LogP contribution in [0.3, 0.4) is 0 Å². The van der Waals surface area contributed by atoms with Crippen LogP contribution in [0, 0.1) is 0 Å². The first-order chi connectivity index (χ1) is 5.66. The smallest absolute Gasteiger partial charge is 0.234 e. The fourth-order valence-electron chi connectivity index (χ4n) is 0.652. The number of hydrogen-bond donors (Lipinski definition) is 2. The molecule has 0 spiro atoms. The molecular formula is C8H18N2O2. The van der Waals surface area contributed by atoms with Gasteiger partial charge >= 0.3 is 0 Å². The Labute approximate surface area is 73.7 Å². The molecule has 0 aromatic carbocycles. The molecule has 0 aliphatic carbocycles. The standard InChI is InChI=1S/C8H18N2O2/c1-7(2)10-6-8(11)9-4-5-12-3/h7,10H,4-6H2,1-3H3,(H,9,11). The van der Waals surface area contributed by atoms with E-state index in [1.807, 2.05) is 13.8 Å². The lowest BCUT2D eigenvalue weighted by Crippen LogP contribution is -2.38. The highest BCUT2D eigenvalue weighted by Gasteiger charge is 1.99. The molecule has 4 nitrogen and oxygen atoms in total. The van der Waals surface area contributed by atoms with Crippen molar-refractivity contribution in [3.05, 3.63) is 0 Å². The van der Waals surface area contributed by atoms with Gasteiger partial charge in [0.15, 0.2) is 0 Å². The van der Waals surface area contributed by atoms with Crippen LogP contribution in [0.15, 0.2) is 0 Å². The summed E-state index contributed by atoms with van der Waals surface area (Å²) in [7, 11) is 1.61. The summed E-state index contributed by atoms with van der Waals surface area (Å²) in [4.78, 5) is 11.0. The highest BCUT2D eigenvalue weighted by atomic mass is 16.5. The van der Waals surface area contributed by atoms with Crippen LogP contribution in [0.4, 0.5) is 0 Å². The molecule has 0 aliphatic heterocycles. The van der Waals surface area contributed by atoms with Crippen molar-refractivity contribution in [1.29, 1.82) is 0 Å². The predicted molar refractivity (Wildman–Crippen MR) is 48.0 cm³/mol. The number of carbonyl (C=O) groups excluding carboxylic acids is 1. The summed E-state index contributed by atoms with van der Waals surface area (Å²) >= 11 is 0. The zero-order valence-electron chi connectivity index (χ0n) is 8.02. The Morgan fingerprint density at radius 1 is 1.50 bits per heavy atom. The third kappa shape index (κ3) is 7.50. The van der Waals surface area contributed by atoms with Crippen LogP contribution >= 0.6 is 0 Å². The summed E-state index contributed by atoms with van der Waals surface area (Å²) in [6, 6.07) is 0.346. The van der Waals surface area contributed by atoms with E-state index in [0.29, 0.717) is 25.7 Å². The molecule has 0 bridgehead atoms. The largest absolute Gasteiger partial charge is 0.383 e. The molecule has 0 aromatic rings. The van der Waals surface area contributed by atoms with Crippen LogP contribution in [0.2, 0.25) is 0 Å². The third-order valence-corrected chi connectivity index (χ3v) is 1.30. The zero-order valence-corrected chi connectivity index (χ0v) is 8.02.